The van der Waals surface area contributed by atoms with Gasteiger partial charge in [-0.15, -0.1) is 0 Å². The van der Waals surface area contributed by atoms with Crippen molar-refractivity contribution < 1.29 is 9.53 Å². The summed E-state index contributed by atoms with van der Waals surface area (Å²) in [7, 11) is 3.76. The maximum Gasteiger partial charge on any atom is 0.228 e. The summed E-state index contributed by atoms with van der Waals surface area (Å²) in [5.41, 5.74) is 4.90. The zero-order valence-electron chi connectivity index (χ0n) is 17.4. The van der Waals surface area contributed by atoms with Gasteiger partial charge in [0.15, 0.2) is 0 Å². The molecule has 0 unspecified atom stereocenters. The molecule has 1 aromatic heterocycles. The quantitative estimate of drug-likeness (QED) is 0.660. The van der Waals surface area contributed by atoms with Gasteiger partial charge in [-0.05, 0) is 42.4 Å². The van der Waals surface area contributed by atoms with E-state index in [-0.39, 0.29) is 5.91 Å². The van der Waals surface area contributed by atoms with Crippen molar-refractivity contribution in [3.05, 3.63) is 60.4 Å². The van der Waals surface area contributed by atoms with Crippen molar-refractivity contribution >= 4 is 17.3 Å². The summed E-state index contributed by atoms with van der Waals surface area (Å²) < 4.78 is 5.26. The highest BCUT2D eigenvalue weighted by Crippen LogP contribution is 2.32. The first-order valence-corrected chi connectivity index (χ1v) is 10.1. The second-order valence-electron chi connectivity index (χ2n) is 7.59. The lowest BCUT2D eigenvalue weighted by Gasteiger charge is -2.35. The molecule has 1 aliphatic heterocycles. The average Bonchev–Trinajstić information content (AvgIpc) is 3.30. The van der Waals surface area contributed by atoms with Crippen molar-refractivity contribution in [2.45, 2.75) is 6.42 Å². The molecule has 3 aromatic rings. The van der Waals surface area contributed by atoms with Gasteiger partial charge in [-0.25, -0.2) is 0 Å². The molecule has 4 rings (SSSR count). The van der Waals surface area contributed by atoms with E-state index in [0.717, 1.165) is 60.0 Å². The Morgan fingerprint density at radius 1 is 1.13 bits per heavy atom. The van der Waals surface area contributed by atoms with Crippen LogP contribution in [-0.4, -0.2) is 61.3 Å². The molecule has 1 fully saturated rings. The molecule has 0 aliphatic carbocycles. The molecule has 1 aliphatic rings. The van der Waals surface area contributed by atoms with Gasteiger partial charge in [0, 0.05) is 37.9 Å². The third kappa shape index (κ3) is 4.63. The number of aromatic nitrogens is 2. The molecule has 7 nitrogen and oxygen atoms in total. The number of carbonyl (C=O) groups excluding carboxylic acids is 1. The molecule has 1 amide bonds. The lowest BCUT2D eigenvalue weighted by atomic mass is 10.1. The molecule has 0 saturated carbocycles. The van der Waals surface area contributed by atoms with Gasteiger partial charge in [0.25, 0.3) is 0 Å². The lowest BCUT2D eigenvalue weighted by molar-refractivity contribution is -0.115. The number of carbonyl (C=O) groups is 1. The maximum atomic E-state index is 12.8. The van der Waals surface area contributed by atoms with Crippen LogP contribution < -0.4 is 15.0 Å². The highest BCUT2D eigenvalue weighted by molar-refractivity contribution is 5.96. The van der Waals surface area contributed by atoms with Crippen molar-refractivity contribution in [2.75, 3.05) is 50.6 Å². The normalized spacial score (nSPS) is 14.5. The summed E-state index contributed by atoms with van der Waals surface area (Å²) in [5, 5.41) is 10.0. The van der Waals surface area contributed by atoms with Crippen LogP contribution in [0.3, 0.4) is 0 Å². The number of nitrogens with one attached hydrogen (secondary N) is 2. The number of H-pyrrole nitrogens is 1. The number of methoxy groups -OCH3 is 1. The van der Waals surface area contributed by atoms with Crippen LogP contribution in [0.25, 0.3) is 11.1 Å². The van der Waals surface area contributed by atoms with Gasteiger partial charge in [0.2, 0.25) is 5.91 Å². The summed E-state index contributed by atoms with van der Waals surface area (Å²) >= 11 is 0. The van der Waals surface area contributed by atoms with Crippen LogP contribution in [0.4, 0.5) is 11.4 Å². The minimum Gasteiger partial charge on any atom is -0.497 e. The smallest absolute Gasteiger partial charge is 0.228 e. The second-order valence-corrected chi connectivity index (χ2v) is 7.59. The lowest BCUT2D eigenvalue weighted by Crippen LogP contribution is -2.44. The standard InChI is InChI=1S/C23H27N5O2/c1-27-8-10-28(11-9-27)22-14-18(19-15-24-25-16-19)6-7-21(22)26-23(29)13-17-4-3-5-20(12-17)30-2/h3-7,12,14-16H,8-11,13H2,1-2H3,(H,24,25)(H,26,29). The minimum absolute atomic E-state index is 0.0466. The van der Waals surface area contributed by atoms with E-state index in [9.17, 15) is 4.79 Å². The first-order chi connectivity index (χ1) is 14.6. The Labute approximate surface area is 176 Å². The molecule has 7 heteroatoms. The number of benzene rings is 2. The van der Waals surface area contributed by atoms with Crippen molar-refractivity contribution in [1.82, 2.24) is 15.1 Å². The fourth-order valence-electron chi connectivity index (χ4n) is 3.70. The van der Waals surface area contributed by atoms with Crippen LogP contribution in [0.15, 0.2) is 54.9 Å². The Morgan fingerprint density at radius 2 is 1.97 bits per heavy atom. The number of rotatable bonds is 6. The minimum atomic E-state index is -0.0466. The van der Waals surface area contributed by atoms with Gasteiger partial charge in [0.1, 0.15) is 5.75 Å². The molecule has 30 heavy (non-hydrogen) atoms. The number of likely N-dealkylation sites (N-methyl/N-ethyl adjacent to an activating group) is 1. The number of aromatic amines is 1. The van der Waals surface area contributed by atoms with Crippen LogP contribution in [0, 0.1) is 0 Å². The van der Waals surface area contributed by atoms with Crippen LogP contribution in [0.5, 0.6) is 5.75 Å². The monoisotopic (exact) mass is 405 g/mol. The largest absolute Gasteiger partial charge is 0.497 e. The third-order valence-corrected chi connectivity index (χ3v) is 5.45. The molecule has 1 saturated heterocycles. The zero-order valence-corrected chi connectivity index (χ0v) is 17.4. The van der Waals surface area contributed by atoms with Crippen LogP contribution in [0.1, 0.15) is 5.56 Å². The third-order valence-electron chi connectivity index (χ3n) is 5.45. The number of hydrogen-bond acceptors (Lipinski definition) is 5. The molecule has 156 valence electrons. The second kappa shape index (κ2) is 9.00. The zero-order chi connectivity index (χ0) is 20.9. The Morgan fingerprint density at radius 3 is 2.70 bits per heavy atom. The summed E-state index contributed by atoms with van der Waals surface area (Å²) in [4.78, 5) is 17.4. The van der Waals surface area contributed by atoms with Crippen molar-refractivity contribution in [2.24, 2.45) is 0 Å². The van der Waals surface area contributed by atoms with Crippen LogP contribution in [0.2, 0.25) is 0 Å². The van der Waals surface area contributed by atoms with E-state index in [4.69, 9.17) is 4.74 Å². The van der Waals surface area contributed by atoms with E-state index in [2.05, 4.69) is 38.4 Å². The SMILES string of the molecule is COc1cccc(CC(=O)Nc2ccc(-c3cn[nH]c3)cc2N2CCN(C)CC2)c1. The summed E-state index contributed by atoms with van der Waals surface area (Å²) in [6, 6.07) is 13.7. The number of amides is 1. The predicted molar refractivity (Wildman–Crippen MR) is 119 cm³/mol. The molecular weight excluding hydrogens is 378 g/mol. The van der Waals surface area contributed by atoms with E-state index in [1.165, 1.54) is 0 Å². The summed E-state index contributed by atoms with van der Waals surface area (Å²) in [6.07, 6.45) is 3.98. The number of nitrogens with zero attached hydrogens (tertiary/aromatic N) is 3. The Hall–Kier alpha value is -3.32. The highest BCUT2D eigenvalue weighted by atomic mass is 16.5. The van der Waals surface area contributed by atoms with Crippen LogP contribution in [-0.2, 0) is 11.2 Å². The van der Waals surface area contributed by atoms with Crippen molar-refractivity contribution in [3.8, 4) is 16.9 Å². The topological polar surface area (TPSA) is 73.5 Å². The fraction of sp³-hybridized carbons (Fsp3) is 0.304. The highest BCUT2D eigenvalue weighted by Gasteiger charge is 2.19. The summed E-state index contributed by atoms with van der Waals surface area (Å²) in [5.74, 6) is 0.706. The van der Waals surface area contributed by atoms with Gasteiger partial charge in [-0.3, -0.25) is 9.89 Å². The number of piperazine rings is 1. The molecular formula is C23H27N5O2. The van der Waals surface area contributed by atoms with Gasteiger partial charge in [-0.1, -0.05) is 18.2 Å². The number of anilines is 2. The Bertz CT molecular complexity index is 995. The molecule has 2 aromatic carbocycles. The van der Waals surface area contributed by atoms with E-state index >= 15 is 0 Å². The van der Waals surface area contributed by atoms with Crippen molar-refractivity contribution in [1.29, 1.82) is 0 Å². The van der Waals surface area contributed by atoms with Gasteiger partial charge < -0.3 is 19.9 Å². The molecule has 0 bridgehead atoms. The predicted octanol–water partition coefficient (Wildman–Crippen LogP) is 3.02. The van der Waals surface area contributed by atoms with Crippen LogP contribution >= 0.6 is 0 Å². The molecule has 0 atom stereocenters. The molecule has 2 N–H and O–H groups in total. The Kier molecular flexibility index (Phi) is 5.99. The fourth-order valence-corrected chi connectivity index (χ4v) is 3.70. The number of hydrogen-bond donors (Lipinski definition) is 2. The van der Waals surface area contributed by atoms with Gasteiger partial charge in [-0.2, -0.15) is 5.10 Å². The van der Waals surface area contributed by atoms with E-state index in [1.54, 1.807) is 7.11 Å². The maximum absolute atomic E-state index is 12.8. The first kappa shape index (κ1) is 20.0. The van der Waals surface area contributed by atoms with E-state index in [1.807, 2.05) is 48.8 Å². The molecule has 0 spiro atoms. The average molecular weight is 406 g/mol. The van der Waals surface area contributed by atoms with Gasteiger partial charge >= 0.3 is 0 Å². The summed E-state index contributed by atoms with van der Waals surface area (Å²) in [6.45, 7) is 3.83. The first-order valence-electron chi connectivity index (χ1n) is 10.1. The Balaban J connectivity index is 1.57. The molecule has 0 radical (unpaired) electrons. The van der Waals surface area contributed by atoms with E-state index < -0.39 is 0 Å². The van der Waals surface area contributed by atoms with Gasteiger partial charge in [0.05, 0.1) is 31.1 Å². The molecule has 2 heterocycles. The van der Waals surface area contributed by atoms with Crippen molar-refractivity contribution in [3.63, 3.8) is 0 Å². The van der Waals surface area contributed by atoms with E-state index in [0.29, 0.717) is 6.42 Å². The number of ether oxygens (including phenoxy) is 1.